The average Bonchev–Trinajstić information content (AvgIpc) is 2.80. The summed E-state index contributed by atoms with van der Waals surface area (Å²) < 4.78 is 0. The molecule has 2 heteroatoms. The summed E-state index contributed by atoms with van der Waals surface area (Å²) in [6, 6.07) is 8.62. The standard InChI is InChI=1S/C15H23NO/c1-15(2,3)12-8-6-11(7-9-12)14(17)13-5-4-10-16-13/h6-9,13-14,16-17H,4-5,10H2,1-3H3. The van der Waals surface area contributed by atoms with E-state index in [2.05, 4.69) is 50.4 Å². The first-order valence-corrected chi connectivity index (χ1v) is 6.50. The van der Waals surface area contributed by atoms with Crippen LogP contribution in [-0.2, 0) is 5.41 Å². The van der Waals surface area contributed by atoms with E-state index in [4.69, 9.17) is 0 Å². The summed E-state index contributed by atoms with van der Waals surface area (Å²) in [6.45, 7) is 7.65. The monoisotopic (exact) mass is 233 g/mol. The summed E-state index contributed by atoms with van der Waals surface area (Å²) in [4.78, 5) is 0. The molecule has 0 spiro atoms. The van der Waals surface area contributed by atoms with Gasteiger partial charge in [0.05, 0.1) is 6.10 Å². The van der Waals surface area contributed by atoms with Crippen LogP contribution in [0, 0.1) is 0 Å². The van der Waals surface area contributed by atoms with Gasteiger partial charge in [-0.25, -0.2) is 0 Å². The van der Waals surface area contributed by atoms with Crippen molar-refractivity contribution in [1.29, 1.82) is 0 Å². The van der Waals surface area contributed by atoms with Gasteiger partial charge in [-0.05, 0) is 35.9 Å². The molecule has 0 bridgehead atoms. The molecule has 2 nitrogen and oxygen atoms in total. The van der Waals surface area contributed by atoms with Crippen molar-refractivity contribution < 1.29 is 5.11 Å². The van der Waals surface area contributed by atoms with Crippen LogP contribution in [0.2, 0.25) is 0 Å². The second-order valence-electron chi connectivity index (χ2n) is 6.02. The van der Waals surface area contributed by atoms with Crippen molar-refractivity contribution in [3.8, 4) is 0 Å². The molecule has 0 saturated carbocycles. The summed E-state index contributed by atoms with van der Waals surface area (Å²) in [5.41, 5.74) is 2.51. The van der Waals surface area contributed by atoms with Crippen LogP contribution in [-0.4, -0.2) is 17.7 Å². The van der Waals surface area contributed by atoms with E-state index in [-0.39, 0.29) is 17.6 Å². The van der Waals surface area contributed by atoms with E-state index < -0.39 is 0 Å². The van der Waals surface area contributed by atoms with E-state index in [1.165, 1.54) is 12.0 Å². The van der Waals surface area contributed by atoms with E-state index in [1.54, 1.807) is 0 Å². The van der Waals surface area contributed by atoms with Crippen LogP contribution in [0.4, 0.5) is 0 Å². The molecule has 2 N–H and O–H groups in total. The lowest BCUT2D eigenvalue weighted by molar-refractivity contribution is 0.137. The molecule has 1 fully saturated rings. The van der Waals surface area contributed by atoms with Crippen molar-refractivity contribution in [2.45, 2.75) is 51.2 Å². The molecule has 2 unspecified atom stereocenters. The molecular weight excluding hydrogens is 210 g/mol. The lowest BCUT2D eigenvalue weighted by atomic mass is 9.86. The van der Waals surface area contributed by atoms with Crippen LogP contribution in [0.3, 0.4) is 0 Å². The highest BCUT2D eigenvalue weighted by Crippen LogP contribution is 2.26. The molecule has 0 amide bonds. The molecule has 0 aromatic heterocycles. The van der Waals surface area contributed by atoms with Crippen LogP contribution in [0.25, 0.3) is 0 Å². The van der Waals surface area contributed by atoms with Crippen molar-refractivity contribution in [3.63, 3.8) is 0 Å². The van der Waals surface area contributed by atoms with Crippen LogP contribution in [0.1, 0.15) is 50.8 Å². The third kappa shape index (κ3) is 2.88. The Hall–Kier alpha value is -0.860. The minimum atomic E-state index is -0.369. The lowest BCUT2D eigenvalue weighted by Crippen LogP contribution is -2.28. The van der Waals surface area contributed by atoms with Gasteiger partial charge in [-0.3, -0.25) is 0 Å². The quantitative estimate of drug-likeness (QED) is 0.823. The molecule has 1 aliphatic heterocycles. The van der Waals surface area contributed by atoms with Crippen molar-refractivity contribution >= 4 is 0 Å². The molecule has 94 valence electrons. The SMILES string of the molecule is CC(C)(C)c1ccc(C(O)C2CCCN2)cc1. The topological polar surface area (TPSA) is 32.3 Å². The Bertz CT molecular complexity index is 358. The second-order valence-corrected chi connectivity index (χ2v) is 6.02. The summed E-state index contributed by atoms with van der Waals surface area (Å²) >= 11 is 0. The van der Waals surface area contributed by atoms with Gasteiger partial charge in [0.1, 0.15) is 0 Å². The molecule has 1 aromatic carbocycles. The minimum Gasteiger partial charge on any atom is -0.387 e. The molecule has 0 radical (unpaired) electrons. The first-order valence-electron chi connectivity index (χ1n) is 6.50. The van der Waals surface area contributed by atoms with Gasteiger partial charge in [0, 0.05) is 6.04 Å². The highest BCUT2D eigenvalue weighted by Gasteiger charge is 2.24. The highest BCUT2D eigenvalue weighted by molar-refractivity contribution is 5.29. The summed E-state index contributed by atoms with van der Waals surface area (Å²) in [7, 11) is 0. The summed E-state index contributed by atoms with van der Waals surface area (Å²) in [5, 5.41) is 13.6. The van der Waals surface area contributed by atoms with Crippen LogP contribution in [0.5, 0.6) is 0 Å². The maximum atomic E-state index is 10.3. The number of rotatable bonds is 2. The van der Waals surface area contributed by atoms with E-state index in [0.717, 1.165) is 18.5 Å². The Morgan fingerprint density at radius 3 is 2.35 bits per heavy atom. The van der Waals surface area contributed by atoms with Crippen LogP contribution in [0.15, 0.2) is 24.3 Å². The highest BCUT2D eigenvalue weighted by atomic mass is 16.3. The molecule has 2 atom stereocenters. The molecule has 1 saturated heterocycles. The van der Waals surface area contributed by atoms with Gasteiger partial charge in [-0.15, -0.1) is 0 Å². The van der Waals surface area contributed by atoms with Gasteiger partial charge in [0.2, 0.25) is 0 Å². The van der Waals surface area contributed by atoms with Gasteiger partial charge >= 0.3 is 0 Å². The molecular formula is C15H23NO. The van der Waals surface area contributed by atoms with E-state index in [0.29, 0.717) is 0 Å². The zero-order valence-corrected chi connectivity index (χ0v) is 11.0. The molecule has 17 heavy (non-hydrogen) atoms. The number of aliphatic hydroxyl groups excluding tert-OH is 1. The molecule has 1 heterocycles. The van der Waals surface area contributed by atoms with Crippen molar-refractivity contribution in [3.05, 3.63) is 35.4 Å². The number of hydrogen-bond donors (Lipinski definition) is 2. The van der Waals surface area contributed by atoms with Crippen molar-refractivity contribution in [2.24, 2.45) is 0 Å². The molecule has 1 aliphatic rings. The normalized spacial score (nSPS) is 22.7. The predicted octanol–water partition coefficient (Wildman–Crippen LogP) is 2.77. The Kier molecular flexibility index (Phi) is 3.55. The van der Waals surface area contributed by atoms with Crippen LogP contribution < -0.4 is 5.32 Å². The first kappa shape index (κ1) is 12.6. The second kappa shape index (κ2) is 4.79. The molecule has 1 aromatic rings. The fourth-order valence-electron chi connectivity index (χ4n) is 2.39. The Morgan fingerprint density at radius 1 is 1.24 bits per heavy atom. The lowest BCUT2D eigenvalue weighted by Gasteiger charge is -2.22. The molecule has 2 rings (SSSR count). The smallest absolute Gasteiger partial charge is 0.0942 e. The zero-order valence-electron chi connectivity index (χ0n) is 11.0. The third-order valence-electron chi connectivity index (χ3n) is 3.60. The third-order valence-corrected chi connectivity index (χ3v) is 3.60. The maximum absolute atomic E-state index is 10.3. The Labute approximate surface area is 104 Å². The van der Waals surface area contributed by atoms with Crippen molar-refractivity contribution in [2.75, 3.05) is 6.54 Å². The summed E-state index contributed by atoms with van der Waals surface area (Å²) in [5.74, 6) is 0. The van der Waals surface area contributed by atoms with Gasteiger partial charge in [0.25, 0.3) is 0 Å². The average molecular weight is 233 g/mol. The minimum absolute atomic E-state index is 0.176. The number of nitrogens with one attached hydrogen (secondary N) is 1. The van der Waals surface area contributed by atoms with Gasteiger partial charge in [-0.1, -0.05) is 45.0 Å². The number of aliphatic hydroxyl groups is 1. The molecule has 0 aliphatic carbocycles. The van der Waals surface area contributed by atoms with Crippen molar-refractivity contribution in [1.82, 2.24) is 5.32 Å². The van der Waals surface area contributed by atoms with Gasteiger partial charge < -0.3 is 10.4 Å². The van der Waals surface area contributed by atoms with E-state index >= 15 is 0 Å². The van der Waals surface area contributed by atoms with E-state index in [1.807, 2.05) is 0 Å². The Morgan fingerprint density at radius 2 is 1.88 bits per heavy atom. The fourth-order valence-corrected chi connectivity index (χ4v) is 2.39. The predicted molar refractivity (Wildman–Crippen MR) is 71.1 cm³/mol. The fraction of sp³-hybridized carbons (Fsp3) is 0.600. The number of hydrogen-bond acceptors (Lipinski definition) is 2. The maximum Gasteiger partial charge on any atom is 0.0942 e. The van der Waals surface area contributed by atoms with Gasteiger partial charge in [0.15, 0.2) is 0 Å². The van der Waals surface area contributed by atoms with Crippen LogP contribution >= 0.6 is 0 Å². The number of benzene rings is 1. The van der Waals surface area contributed by atoms with E-state index in [9.17, 15) is 5.11 Å². The first-order chi connectivity index (χ1) is 7.98. The zero-order chi connectivity index (χ0) is 12.5. The largest absolute Gasteiger partial charge is 0.387 e. The summed E-state index contributed by atoms with van der Waals surface area (Å²) in [6.07, 6.45) is 1.87. The van der Waals surface area contributed by atoms with Gasteiger partial charge in [-0.2, -0.15) is 0 Å². The Balaban J connectivity index is 2.12.